The van der Waals surface area contributed by atoms with Crippen LogP contribution < -0.4 is 5.32 Å². The summed E-state index contributed by atoms with van der Waals surface area (Å²) in [5.74, 6) is 0.527. The smallest absolute Gasteiger partial charge is 0.251 e. The van der Waals surface area contributed by atoms with Gasteiger partial charge in [-0.3, -0.25) is 9.69 Å². The molecular formula is C15H20N2O2. The van der Waals surface area contributed by atoms with Crippen LogP contribution >= 0.6 is 0 Å². The van der Waals surface area contributed by atoms with Gasteiger partial charge in [0.2, 0.25) is 0 Å². The number of likely N-dealkylation sites (tertiary alicyclic amines) is 1. The van der Waals surface area contributed by atoms with Crippen LogP contribution in [0.3, 0.4) is 0 Å². The number of hydrogen-bond donors (Lipinski definition) is 2. The minimum Gasteiger partial charge on any atom is -0.508 e. The standard InChI is InChI=1S/C15H20N2O2/c1-10-8-17(12-5-6-12)9-14(10)16-15(19)11-3-2-4-13(18)7-11/h2-4,7,10,12,14,18H,5-6,8-9H2,1H3,(H,16,19). The number of hydrogen-bond acceptors (Lipinski definition) is 3. The molecule has 1 saturated heterocycles. The van der Waals surface area contributed by atoms with Crippen LogP contribution in [0.15, 0.2) is 24.3 Å². The van der Waals surface area contributed by atoms with Gasteiger partial charge < -0.3 is 10.4 Å². The molecule has 2 atom stereocenters. The molecule has 102 valence electrons. The van der Waals surface area contributed by atoms with Crippen molar-refractivity contribution in [3.63, 3.8) is 0 Å². The maximum Gasteiger partial charge on any atom is 0.251 e. The van der Waals surface area contributed by atoms with Crippen molar-refractivity contribution in [2.75, 3.05) is 13.1 Å². The number of amides is 1. The van der Waals surface area contributed by atoms with Gasteiger partial charge in [-0.25, -0.2) is 0 Å². The molecule has 2 aliphatic rings. The van der Waals surface area contributed by atoms with Gasteiger partial charge in [-0.05, 0) is 37.0 Å². The van der Waals surface area contributed by atoms with Crippen LogP contribution in [0.2, 0.25) is 0 Å². The fourth-order valence-electron chi connectivity index (χ4n) is 2.83. The van der Waals surface area contributed by atoms with Gasteiger partial charge in [0.05, 0.1) is 0 Å². The number of benzene rings is 1. The first-order valence-corrected chi connectivity index (χ1v) is 6.97. The second-order valence-corrected chi connectivity index (χ2v) is 5.79. The lowest BCUT2D eigenvalue weighted by Gasteiger charge is -2.17. The third kappa shape index (κ3) is 2.73. The number of phenolic OH excluding ortho intramolecular Hbond substituents is 1. The number of aromatic hydroxyl groups is 1. The average Bonchev–Trinajstić information content (AvgIpc) is 3.16. The van der Waals surface area contributed by atoms with Crippen molar-refractivity contribution in [1.29, 1.82) is 0 Å². The largest absolute Gasteiger partial charge is 0.508 e. The molecule has 4 heteroatoms. The van der Waals surface area contributed by atoms with Crippen LogP contribution in [-0.2, 0) is 0 Å². The van der Waals surface area contributed by atoms with Crippen molar-refractivity contribution in [3.05, 3.63) is 29.8 Å². The van der Waals surface area contributed by atoms with Crippen molar-refractivity contribution >= 4 is 5.91 Å². The van der Waals surface area contributed by atoms with E-state index in [1.807, 2.05) is 0 Å². The summed E-state index contributed by atoms with van der Waals surface area (Å²) in [6.45, 7) is 4.22. The topological polar surface area (TPSA) is 52.6 Å². The molecule has 1 heterocycles. The normalized spacial score (nSPS) is 27.4. The summed E-state index contributed by atoms with van der Waals surface area (Å²) >= 11 is 0. The van der Waals surface area contributed by atoms with Crippen LogP contribution in [-0.4, -0.2) is 41.1 Å². The number of nitrogens with one attached hydrogen (secondary N) is 1. The monoisotopic (exact) mass is 260 g/mol. The first-order chi connectivity index (χ1) is 9.13. The van der Waals surface area contributed by atoms with Gasteiger partial charge in [-0.2, -0.15) is 0 Å². The number of nitrogens with zero attached hydrogens (tertiary/aromatic N) is 1. The van der Waals surface area contributed by atoms with E-state index < -0.39 is 0 Å². The summed E-state index contributed by atoms with van der Waals surface area (Å²) in [5.41, 5.74) is 0.525. The van der Waals surface area contributed by atoms with Crippen LogP contribution in [0.1, 0.15) is 30.1 Å². The summed E-state index contributed by atoms with van der Waals surface area (Å²) in [7, 11) is 0. The Morgan fingerprint density at radius 3 is 2.84 bits per heavy atom. The highest BCUT2D eigenvalue weighted by molar-refractivity contribution is 5.94. The first-order valence-electron chi connectivity index (χ1n) is 6.97. The van der Waals surface area contributed by atoms with Crippen molar-refractivity contribution in [2.45, 2.75) is 31.8 Å². The fraction of sp³-hybridized carbons (Fsp3) is 0.533. The molecule has 0 bridgehead atoms. The Labute approximate surface area is 113 Å². The van der Waals surface area contributed by atoms with Gasteiger partial charge >= 0.3 is 0 Å². The van der Waals surface area contributed by atoms with E-state index >= 15 is 0 Å². The van der Waals surface area contributed by atoms with Crippen LogP contribution in [0.5, 0.6) is 5.75 Å². The lowest BCUT2D eigenvalue weighted by atomic mass is 10.1. The molecule has 19 heavy (non-hydrogen) atoms. The Hall–Kier alpha value is -1.55. The number of rotatable bonds is 3. The van der Waals surface area contributed by atoms with Gasteiger partial charge in [0.15, 0.2) is 0 Å². The molecule has 4 nitrogen and oxygen atoms in total. The third-order valence-corrected chi connectivity index (χ3v) is 4.13. The molecule has 0 aromatic heterocycles. The maximum atomic E-state index is 12.1. The van der Waals surface area contributed by atoms with Gasteiger partial charge in [-0.15, -0.1) is 0 Å². The first kappa shape index (κ1) is 12.5. The molecule has 1 aromatic carbocycles. The summed E-state index contributed by atoms with van der Waals surface area (Å²) < 4.78 is 0. The Balaban J connectivity index is 1.63. The van der Waals surface area contributed by atoms with Crippen LogP contribution in [0, 0.1) is 5.92 Å². The van der Waals surface area contributed by atoms with Crippen molar-refractivity contribution in [1.82, 2.24) is 10.2 Å². The summed E-state index contributed by atoms with van der Waals surface area (Å²) in [6.07, 6.45) is 2.61. The molecule has 2 unspecified atom stereocenters. The van der Waals surface area contributed by atoms with E-state index in [9.17, 15) is 9.90 Å². The Morgan fingerprint density at radius 1 is 1.37 bits per heavy atom. The lowest BCUT2D eigenvalue weighted by molar-refractivity contribution is 0.0931. The molecule has 1 saturated carbocycles. The Kier molecular flexibility index (Phi) is 3.19. The van der Waals surface area contributed by atoms with E-state index in [-0.39, 0.29) is 17.7 Å². The summed E-state index contributed by atoms with van der Waals surface area (Å²) in [5, 5.41) is 12.5. The minimum absolute atomic E-state index is 0.0922. The Bertz CT molecular complexity index is 485. The van der Waals surface area contributed by atoms with Crippen LogP contribution in [0.4, 0.5) is 0 Å². The molecule has 0 radical (unpaired) electrons. The molecule has 1 aromatic rings. The van der Waals surface area contributed by atoms with Gasteiger partial charge in [0, 0.05) is 30.7 Å². The van der Waals surface area contributed by atoms with E-state index in [0.29, 0.717) is 11.5 Å². The van der Waals surface area contributed by atoms with E-state index in [2.05, 4.69) is 17.1 Å². The molecule has 2 N–H and O–H groups in total. The highest BCUT2D eigenvalue weighted by Crippen LogP contribution is 2.31. The summed E-state index contributed by atoms with van der Waals surface area (Å²) in [6, 6.07) is 7.48. The van der Waals surface area contributed by atoms with Gasteiger partial charge in [0.25, 0.3) is 5.91 Å². The number of phenols is 1. The summed E-state index contributed by atoms with van der Waals surface area (Å²) in [4.78, 5) is 14.6. The number of carbonyl (C=O) groups is 1. The zero-order chi connectivity index (χ0) is 13.4. The van der Waals surface area contributed by atoms with Crippen LogP contribution in [0.25, 0.3) is 0 Å². The third-order valence-electron chi connectivity index (χ3n) is 4.13. The predicted octanol–water partition coefficient (Wildman–Crippen LogP) is 1.60. The quantitative estimate of drug-likeness (QED) is 0.868. The van der Waals surface area contributed by atoms with E-state index in [1.54, 1.807) is 18.2 Å². The predicted molar refractivity (Wildman–Crippen MR) is 73.1 cm³/mol. The van der Waals surface area contributed by atoms with Gasteiger partial charge in [0.1, 0.15) is 5.75 Å². The zero-order valence-corrected chi connectivity index (χ0v) is 11.2. The highest BCUT2D eigenvalue weighted by Gasteiger charge is 2.38. The maximum absolute atomic E-state index is 12.1. The van der Waals surface area contributed by atoms with E-state index in [0.717, 1.165) is 19.1 Å². The molecule has 1 amide bonds. The zero-order valence-electron chi connectivity index (χ0n) is 11.2. The van der Waals surface area contributed by atoms with Crippen molar-refractivity contribution in [2.24, 2.45) is 5.92 Å². The second-order valence-electron chi connectivity index (χ2n) is 5.79. The molecule has 0 spiro atoms. The van der Waals surface area contributed by atoms with E-state index in [4.69, 9.17) is 0 Å². The van der Waals surface area contributed by atoms with Gasteiger partial charge in [-0.1, -0.05) is 13.0 Å². The minimum atomic E-state index is -0.0922. The molecule has 1 aliphatic heterocycles. The molecule has 3 rings (SSSR count). The van der Waals surface area contributed by atoms with Crippen molar-refractivity contribution in [3.8, 4) is 5.75 Å². The molecule has 1 aliphatic carbocycles. The fourth-order valence-corrected chi connectivity index (χ4v) is 2.83. The Morgan fingerprint density at radius 2 is 2.16 bits per heavy atom. The lowest BCUT2D eigenvalue weighted by Crippen LogP contribution is -2.40. The number of carbonyl (C=O) groups excluding carboxylic acids is 1. The molecular weight excluding hydrogens is 240 g/mol. The van der Waals surface area contributed by atoms with Crippen molar-refractivity contribution < 1.29 is 9.90 Å². The second kappa shape index (κ2) is 4.85. The average molecular weight is 260 g/mol. The SMILES string of the molecule is CC1CN(C2CC2)CC1NC(=O)c1cccc(O)c1. The van der Waals surface area contributed by atoms with E-state index in [1.165, 1.54) is 18.9 Å². The highest BCUT2D eigenvalue weighted by atomic mass is 16.3. The molecule has 2 fully saturated rings.